The van der Waals surface area contributed by atoms with E-state index in [1.807, 2.05) is 12.1 Å². The molecule has 3 rings (SSSR count). The van der Waals surface area contributed by atoms with E-state index in [-0.39, 0.29) is 18.2 Å². The predicted octanol–water partition coefficient (Wildman–Crippen LogP) is 4.76. The van der Waals surface area contributed by atoms with Crippen LogP contribution in [0.5, 0.6) is 0 Å². The SMILES string of the molecule is NC1CCc2cc(/C=C/C(=O)Cc3cc(Cl)cc(Cl)c3)ccc21. The van der Waals surface area contributed by atoms with E-state index in [9.17, 15) is 4.79 Å². The fraction of sp³-hybridized carbons (Fsp3) is 0.211. The number of rotatable bonds is 4. The molecule has 0 amide bonds. The number of ketones is 1. The molecule has 1 unspecified atom stereocenters. The van der Waals surface area contributed by atoms with E-state index in [1.165, 1.54) is 11.1 Å². The molecular formula is C19H17Cl2NO. The molecule has 0 bridgehead atoms. The Hall–Kier alpha value is -1.61. The predicted molar refractivity (Wildman–Crippen MR) is 95.9 cm³/mol. The topological polar surface area (TPSA) is 43.1 Å². The maximum atomic E-state index is 12.1. The fourth-order valence-electron chi connectivity index (χ4n) is 2.94. The van der Waals surface area contributed by atoms with Gasteiger partial charge in [0.2, 0.25) is 0 Å². The second-order valence-electron chi connectivity index (χ2n) is 5.86. The Balaban J connectivity index is 1.69. The summed E-state index contributed by atoms with van der Waals surface area (Å²) in [7, 11) is 0. The lowest BCUT2D eigenvalue weighted by atomic mass is 10.0. The quantitative estimate of drug-likeness (QED) is 0.811. The summed E-state index contributed by atoms with van der Waals surface area (Å²) in [4.78, 5) is 12.1. The van der Waals surface area contributed by atoms with Gasteiger partial charge in [0.15, 0.2) is 5.78 Å². The molecule has 2 nitrogen and oxygen atoms in total. The van der Waals surface area contributed by atoms with Crippen molar-refractivity contribution >= 4 is 35.1 Å². The molecule has 1 aliphatic rings. The zero-order valence-electron chi connectivity index (χ0n) is 12.6. The highest BCUT2D eigenvalue weighted by Crippen LogP contribution is 2.30. The van der Waals surface area contributed by atoms with Crippen molar-refractivity contribution in [1.82, 2.24) is 0 Å². The molecule has 2 aromatic carbocycles. The Morgan fingerprint density at radius 1 is 1.17 bits per heavy atom. The standard InChI is InChI=1S/C19H17Cl2NO/c20-15-8-13(9-16(21)11-15)10-17(23)4-1-12-2-5-18-14(7-12)3-6-19(18)22/h1-2,4-5,7-9,11,19H,3,6,10,22H2/b4-1+. The third kappa shape index (κ3) is 4.03. The van der Waals surface area contributed by atoms with E-state index in [0.29, 0.717) is 10.0 Å². The van der Waals surface area contributed by atoms with Crippen LogP contribution in [0, 0.1) is 0 Å². The van der Waals surface area contributed by atoms with E-state index in [1.54, 1.807) is 24.3 Å². The number of hydrogen-bond acceptors (Lipinski definition) is 2. The number of nitrogens with two attached hydrogens (primary N) is 1. The maximum Gasteiger partial charge on any atom is 0.160 e. The summed E-state index contributed by atoms with van der Waals surface area (Å²) in [6.45, 7) is 0. The van der Waals surface area contributed by atoms with Crippen LogP contribution < -0.4 is 5.73 Å². The van der Waals surface area contributed by atoms with Crippen LogP contribution in [-0.2, 0) is 17.6 Å². The minimum absolute atomic E-state index is 0.0144. The number of hydrogen-bond donors (Lipinski definition) is 1. The number of halogens is 2. The molecule has 118 valence electrons. The van der Waals surface area contributed by atoms with Gasteiger partial charge in [0.25, 0.3) is 0 Å². The van der Waals surface area contributed by atoms with Gasteiger partial charge in [-0.25, -0.2) is 0 Å². The highest BCUT2D eigenvalue weighted by Gasteiger charge is 2.18. The summed E-state index contributed by atoms with van der Waals surface area (Å²) in [5, 5.41) is 1.08. The highest BCUT2D eigenvalue weighted by atomic mass is 35.5. The number of fused-ring (bicyclic) bond motifs is 1. The zero-order valence-corrected chi connectivity index (χ0v) is 14.1. The van der Waals surface area contributed by atoms with Crippen molar-refractivity contribution in [1.29, 1.82) is 0 Å². The molecule has 0 radical (unpaired) electrons. The summed E-state index contributed by atoms with van der Waals surface area (Å²) in [6, 6.07) is 11.5. The van der Waals surface area contributed by atoms with Gasteiger partial charge in [0.1, 0.15) is 0 Å². The smallest absolute Gasteiger partial charge is 0.160 e. The Labute approximate surface area is 145 Å². The van der Waals surface area contributed by atoms with E-state index in [0.717, 1.165) is 24.0 Å². The summed E-state index contributed by atoms with van der Waals surface area (Å²) in [5.74, 6) is 0.0144. The minimum atomic E-state index is 0.0144. The lowest BCUT2D eigenvalue weighted by molar-refractivity contribution is -0.113. The van der Waals surface area contributed by atoms with Crippen molar-refractivity contribution in [3.8, 4) is 0 Å². The van der Waals surface area contributed by atoms with E-state index in [4.69, 9.17) is 28.9 Å². The van der Waals surface area contributed by atoms with Crippen molar-refractivity contribution in [2.75, 3.05) is 0 Å². The third-order valence-electron chi connectivity index (χ3n) is 4.05. The fourth-order valence-corrected chi connectivity index (χ4v) is 3.51. The summed E-state index contributed by atoms with van der Waals surface area (Å²) >= 11 is 11.9. The molecule has 0 aliphatic heterocycles. The number of benzene rings is 2. The van der Waals surface area contributed by atoms with E-state index >= 15 is 0 Å². The van der Waals surface area contributed by atoms with Crippen LogP contribution in [0.2, 0.25) is 10.0 Å². The number of allylic oxidation sites excluding steroid dienone is 1. The molecule has 2 N–H and O–H groups in total. The Kier molecular flexibility index (Phi) is 4.86. The van der Waals surface area contributed by atoms with Crippen molar-refractivity contribution in [3.63, 3.8) is 0 Å². The first kappa shape index (κ1) is 16.3. The molecule has 1 atom stereocenters. The van der Waals surface area contributed by atoms with Gasteiger partial charge in [-0.05, 0) is 59.4 Å². The van der Waals surface area contributed by atoms with Gasteiger partial charge in [-0.15, -0.1) is 0 Å². The molecule has 0 aromatic heterocycles. The van der Waals surface area contributed by atoms with E-state index in [2.05, 4.69) is 12.1 Å². The first-order valence-electron chi connectivity index (χ1n) is 7.55. The van der Waals surface area contributed by atoms with Crippen LogP contribution in [0.1, 0.15) is 34.7 Å². The van der Waals surface area contributed by atoms with Crippen molar-refractivity contribution in [3.05, 3.63) is 74.8 Å². The van der Waals surface area contributed by atoms with Crippen LogP contribution in [-0.4, -0.2) is 5.78 Å². The zero-order chi connectivity index (χ0) is 16.4. The van der Waals surface area contributed by atoms with Gasteiger partial charge in [-0.3, -0.25) is 4.79 Å². The third-order valence-corrected chi connectivity index (χ3v) is 4.49. The highest BCUT2D eigenvalue weighted by molar-refractivity contribution is 6.34. The van der Waals surface area contributed by atoms with Crippen LogP contribution >= 0.6 is 23.2 Å². The minimum Gasteiger partial charge on any atom is -0.324 e. The molecule has 2 aromatic rings. The van der Waals surface area contributed by atoms with Crippen molar-refractivity contribution < 1.29 is 4.79 Å². The second kappa shape index (κ2) is 6.88. The van der Waals surface area contributed by atoms with Gasteiger partial charge in [0, 0.05) is 22.5 Å². The molecule has 0 saturated heterocycles. The average Bonchev–Trinajstić information content (AvgIpc) is 2.85. The average molecular weight is 346 g/mol. The van der Waals surface area contributed by atoms with Crippen LogP contribution in [0.25, 0.3) is 6.08 Å². The molecular weight excluding hydrogens is 329 g/mol. The summed E-state index contributed by atoms with van der Waals surface area (Å²) in [5.41, 5.74) is 10.4. The lowest BCUT2D eigenvalue weighted by Gasteiger charge is -2.05. The maximum absolute atomic E-state index is 12.1. The van der Waals surface area contributed by atoms with E-state index < -0.39 is 0 Å². The first-order chi connectivity index (χ1) is 11.0. The molecule has 4 heteroatoms. The van der Waals surface area contributed by atoms with Crippen molar-refractivity contribution in [2.45, 2.75) is 25.3 Å². The van der Waals surface area contributed by atoms with Crippen LogP contribution in [0.4, 0.5) is 0 Å². The largest absolute Gasteiger partial charge is 0.324 e. The molecule has 1 aliphatic carbocycles. The van der Waals surface area contributed by atoms with Gasteiger partial charge in [0.05, 0.1) is 0 Å². The summed E-state index contributed by atoms with van der Waals surface area (Å²) < 4.78 is 0. The number of aryl methyl sites for hydroxylation is 1. The molecule has 0 spiro atoms. The Morgan fingerprint density at radius 2 is 1.91 bits per heavy atom. The van der Waals surface area contributed by atoms with Crippen molar-refractivity contribution in [2.24, 2.45) is 5.73 Å². The second-order valence-corrected chi connectivity index (χ2v) is 6.73. The van der Waals surface area contributed by atoms with Gasteiger partial charge in [-0.2, -0.15) is 0 Å². The Morgan fingerprint density at radius 3 is 2.65 bits per heavy atom. The number of carbonyl (C=O) groups is 1. The van der Waals surface area contributed by atoms with Gasteiger partial charge in [-0.1, -0.05) is 47.5 Å². The number of carbonyl (C=O) groups excluding carboxylic acids is 1. The van der Waals surface area contributed by atoms with Crippen LogP contribution in [0.15, 0.2) is 42.5 Å². The lowest BCUT2D eigenvalue weighted by Crippen LogP contribution is -2.04. The summed E-state index contributed by atoms with van der Waals surface area (Å²) in [6.07, 6.45) is 5.74. The van der Waals surface area contributed by atoms with Gasteiger partial charge >= 0.3 is 0 Å². The molecule has 0 heterocycles. The van der Waals surface area contributed by atoms with Crippen LogP contribution in [0.3, 0.4) is 0 Å². The molecule has 0 fully saturated rings. The first-order valence-corrected chi connectivity index (χ1v) is 8.31. The molecule has 23 heavy (non-hydrogen) atoms. The monoisotopic (exact) mass is 345 g/mol. The normalized spacial score (nSPS) is 16.7. The van der Waals surface area contributed by atoms with Gasteiger partial charge < -0.3 is 5.73 Å². The Bertz CT molecular complexity index is 763. The molecule has 0 saturated carbocycles.